The molecule has 23 heteroatoms. The summed E-state index contributed by atoms with van der Waals surface area (Å²) >= 11 is 0. The molecule has 6 aromatic heterocycles. The molecule has 2 saturated heterocycles. The van der Waals surface area contributed by atoms with Crippen LogP contribution < -0.4 is 35.4 Å². The molecule has 4 aliphatic rings. The Hall–Kier alpha value is -9.67. The number of halogens is 4. The first-order valence-electron chi connectivity index (χ1n) is 28.7. The maximum absolute atomic E-state index is 17.3. The van der Waals surface area contributed by atoms with Crippen LogP contribution in [0.5, 0.6) is 23.3 Å². The minimum atomic E-state index is -0.957. The second kappa shape index (κ2) is 23.3. The quantitative estimate of drug-likeness (QED) is 0.133. The zero-order valence-electron chi connectivity index (χ0n) is 48.8. The van der Waals surface area contributed by atoms with Gasteiger partial charge in [-0.05, 0) is 98.0 Å². The van der Waals surface area contributed by atoms with Crippen LogP contribution in [0.1, 0.15) is 86.9 Å². The molecule has 0 spiro atoms. The van der Waals surface area contributed by atoms with Crippen LogP contribution in [0, 0.1) is 37.1 Å². The Bertz CT molecular complexity index is 4320. The maximum atomic E-state index is 17.3. The number of amides is 1. The van der Waals surface area contributed by atoms with Crippen LogP contribution in [0.15, 0.2) is 101 Å². The van der Waals surface area contributed by atoms with Crippen molar-refractivity contribution in [1.82, 2.24) is 43.9 Å². The van der Waals surface area contributed by atoms with Gasteiger partial charge >= 0.3 is 17.5 Å². The summed E-state index contributed by atoms with van der Waals surface area (Å²) in [4.78, 5) is 73.5. The van der Waals surface area contributed by atoms with Gasteiger partial charge in [0.05, 0.1) is 53.1 Å². The number of hydrogen-bond donors (Lipinski definition) is 1. The maximum Gasteiger partial charge on any atom is 0.410 e. The number of fused-ring (bicyclic) bond motifs is 4. The van der Waals surface area contributed by atoms with E-state index in [0.29, 0.717) is 46.3 Å². The van der Waals surface area contributed by atoms with Crippen molar-refractivity contribution in [1.29, 1.82) is 0 Å². The highest BCUT2D eigenvalue weighted by molar-refractivity contribution is 6.00. The van der Waals surface area contributed by atoms with E-state index in [1.165, 1.54) is 46.6 Å². The molecule has 2 atom stereocenters. The Labute approximate surface area is 496 Å². The molecule has 9 aromatic rings. The Kier molecular flexibility index (Phi) is 15.5. The molecule has 0 aliphatic carbocycles. The van der Waals surface area contributed by atoms with Crippen LogP contribution in [0.25, 0.3) is 55.7 Å². The number of piperidine rings is 1. The molecular formula is C64H61F4N11O8. The van der Waals surface area contributed by atoms with Gasteiger partial charge in [0.2, 0.25) is 11.8 Å². The topological polar surface area (TPSA) is 205 Å². The van der Waals surface area contributed by atoms with Gasteiger partial charge < -0.3 is 38.8 Å². The van der Waals surface area contributed by atoms with Gasteiger partial charge in [0.15, 0.2) is 11.6 Å². The first-order valence-corrected chi connectivity index (χ1v) is 28.7. The number of ether oxygens (including phenoxy) is 4. The summed E-state index contributed by atoms with van der Waals surface area (Å²) < 4.78 is 90.3. The zero-order chi connectivity index (χ0) is 61.1. The summed E-state index contributed by atoms with van der Waals surface area (Å²) in [5.41, 5.74) is 0.928. The van der Waals surface area contributed by atoms with Crippen molar-refractivity contribution in [2.45, 2.75) is 91.3 Å². The minimum absolute atomic E-state index is 0.0117. The number of rotatable bonds is 9. The highest BCUT2D eigenvalue weighted by Crippen LogP contribution is 2.46. The minimum Gasteiger partial charge on any atom is -0.507 e. The van der Waals surface area contributed by atoms with Gasteiger partial charge in [0.1, 0.15) is 87.8 Å². The van der Waals surface area contributed by atoms with Crippen molar-refractivity contribution in [3.63, 3.8) is 0 Å². The fourth-order valence-corrected chi connectivity index (χ4v) is 12.1. The standard InChI is InChI=1S/C36H34F2N6O5.C28H27F2N5O3/c1-20(2)29-31(21(3)13-14-39-29)44-32-27-33(41-35(44)45)43-16-15-42(36(46)49-18-22-9-6-5-7-10-22)17-23(43)19-48-34(27)40-30(28(32)38)26-24(37)11-8-12-25(26)47-4;1-14(2)22-24(15(3)10-11-31-22)35-25-20-26(33-28(35)37)34-12-5-4-7-16(34)13-38-27(20)32-23(21(25)30)19-17(29)8-6-9-18(19)36/h5-14,20,23H,15-19H2,1-4H3;6,8-11,14,16,36H,4-5,7,12-13H2,1-3H3/t23-;16-/m11/s1. The van der Waals surface area contributed by atoms with Crippen molar-refractivity contribution < 1.29 is 46.4 Å². The number of hydrogen-bond acceptors (Lipinski definition) is 16. The molecule has 0 saturated carbocycles. The smallest absolute Gasteiger partial charge is 0.410 e. The fraction of sp³-hybridized carbons (Fsp3) is 0.328. The molecule has 19 nitrogen and oxygen atoms in total. The average Bonchev–Trinajstić information content (AvgIpc) is 1.87. The van der Waals surface area contributed by atoms with Gasteiger partial charge in [-0.2, -0.15) is 9.97 Å². The second-order valence-electron chi connectivity index (χ2n) is 22.5. The van der Waals surface area contributed by atoms with Crippen LogP contribution in [0.2, 0.25) is 0 Å². The van der Waals surface area contributed by atoms with Crippen molar-refractivity contribution in [3.8, 4) is 57.1 Å². The van der Waals surface area contributed by atoms with E-state index in [2.05, 4.69) is 29.9 Å². The molecule has 1 amide bonds. The van der Waals surface area contributed by atoms with Crippen LogP contribution in [0.4, 0.5) is 34.0 Å². The number of nitrogens with zero attached hydrogens (tertiary/aromatic N) is 11. The number of phenolic OH excluding ortho intramolecular Hbond substituents is 1. The molecule has 3 aromatic carbocycles. The summed E-state index contributed by atoms with van der Waals surface area (Å²) in [6, 6.07) is 20.1. The van der Waals surface area contributed by atoms with E-state index in [4.69, 9.17) is 18.9 Å². The summed E-state index contributed by atoms with van der Waals surface area (Å²) in [7, 11) is 1.35. The highest BCUT2D eigenvalue weighted by Gasteiger charge is 2.40. The Morgan fingerprint density at radius 3 is 1.76 bits per heavy atom. The molecule has 0 bridgehead atoms. The first kappa shape index (κ1) is 57.7. The van der Waals surface area contributed by atoms with Crippen molar-refractivity contribution in [3.05, 3.63) is 164 Å². The molecular weight excluding hydrogens is 1130 g/mol. The first-order chi connectivity index (χ1) is 41.9. The number of phenols is 1. The van der Waals surface area contributed by atoms with Crippen molar-refractivity contribution in [2.75, 3.05) is 56.3 Å². The third-order valence-electron chi connectivity index (χ3n) is 16.3. The fourth-order valence-electron chi connectivity index (χ4n) is 12.1. The lowest BCUT2D eigenvalue weighted by Gasteiger charge is -2.40. The van der Waals surface area contributed by atoms with Crippen molar-refractivity contribution in [2.24, 2.45) is 0 Å². The lowest BCUT2D eigenvalue weighted by molar-refractivity contribution is 0.0850. The number of piperazine rings is 1. The molecule has 1 N–H and O–H groups in total. The van der Waals surface area contributed by atoms with E-state index >= 15 is 13.2 Å². The Balaban J connectivity index is 0.000000175. The summed E-state index contributed by atoms with van der Waals surface area (Å²) in [6.07, 6.45) is 5.49. The molecule has 2 fully saturated rings. The lowest BCUT2D eigenvalue weighted by atomic mass is 10.0. The van der Waals surface area contributed by atoms with Crippen molar-refractivity contribution >= 4 is 39.5 Å². The number of carbonyl (C=O) groups excluding carboxylic acids is 1. The Morgan fingerprint density at radius 2 is 1.20 bits per heavy atom. The number of aryl methyl sites for hydroxylation is 2. The lowest BCUT2D eigenvalue weighted by Crippen LogP contribution is -2.57. The predicted molar refractivity (Wildman–Crippen MR) is 318 cm³/mol. The second-order valence-corrected chi connectivity index (χ2v) is 22.5. The monoisotopic (exact) mass is 1190 g/mol. The van der Waals surface area contributed by atoms with Gasteiger partial charge in [-0.25, -0.2) is 41.9 Å². The predicted octanol–water partition coefficient (Wildman–Crippen LogP) is 10.8. The van der Waals surface area contributed by atoms with E-state index in [-0.39, 0.29) is 114 Å². The third-order valence-corrected chi connectivity index (χ3v) is 16.3. The van der Waals surface area contributed by atoms with Crippen LogP contribution in [-0.2, 0) is 11.3 Å². The zero-order valence-corrected chi connectivity index (χ0v) is 48.8. The number of aromatic nitrogens is 8. The normalized spacial score (nSPS) is 16.1. The molecule has 4 aliphatic heterocycles. The van der Waals surface area contributed by atoms with Crippen LogP contribution >= 0.6 is 0 Å². The number of benzene rings is 3. The van der Waals surface area contributed by atoms with Gasteiger partial charge in [0.25, 0.3) is 0 Å². The molecule has 0 unspecified atom stereocenters. The molecule has 87 heavy (non-hydrogen) atoms. The molecule has 13 rings (SSSR count). The highest BCUT2D eigenvalue weighted by atomic mass is 19.1. The van der Waals surface area contributed by atoms with E-state index in [0.717, 1.165) is 30.9 Å². The SMILES string of the molecule is COc1cccc(F)c1-c1nc2c3c(nc(=O)n(-c4c(C)ccnc4C(C)C)c3c1F)N1CCN(C(=O)OCc3ccccc3)C[C@@H]1CO2.Cc1ccnc(C(C)C)c1-n1c(=O)nc2c3c(nc(-c4c(O)cccc4F)c(F)c31)OC[C@H]1CCCCN21. The van der Waals surface area contributed by atoms with Gasteiger partial charge in [-0.15, -0.1) is 0 Å². The van der Waals surface area contributed by atoms with E-state index in [1.807, 2.05) is 74.8 Å². The number of pyridine rings is 4. The number of anilines is 2. The molecule has 0 radical (unpaired) electrons. The van der Waals surface area contributed by atoms with Crippen LogP contribution in [0.3, 0.4) is 0 Å². The van der Waals surface area contributed by atoms with Crippen LogP contribution in [-0.4, -0.2) is 114 Å². The Morgan fingerprint density at radius 1 is 0.655 bits per heavy atom. The number of methoxy groups -OCH3 is 1. The largest absolute Gasteiger partial charge is 0.507 e. The summed E-state index contributed by atoms with van der Waals surface area (Å²) in [5, 5.41) is 10.9. The summed E-state index contributed by atoms with van der Waals surface area (Å²) in [6.45, 7) is 13.0. The summed E-state index contributed by atoms with van der Waals surface area (Å²) in [5.74, 6) is -3.70. The van der Waals surface area contributed by atoms with E-state index in [9.17, 15) is 23.9 Å². The van der Waals surface area contributed by atoms with E-state index < -0.39 is 63.8 Å². The average molecular weight is 1190 g/mol. The van der Waals surface area contributed by atoms with E-state index in [1.54, 1.807) is 36.4 Å². The van der Waals surface area contributed by atoms with Gasteiger partial charge in [0, 0.05) is 38.6 Å². The number of aromatic hydroxyl groups is 1. The number of carbonyl (C=O) groups is 1. The van der Waals surface area contributed by atoms with Gasteiger partial charge in [-0.3, -0.25) is 19.1 Å². The van der Waals surface area contributed by atoms with Gasteiger partial charge in [-0.1, -0.05) is 70.2 Å². The third kappa shape index (κ3) is 10.2. The molecule has 448 valence electrons. The molecule has 10 heterocycles.